The summed E-state index contributed by atoms with van der Waals surface area (Å²) >= 11 is 2.02. The molecular formula is C11H15NS. The molecule has 0 saturated carbocycles. The summed E-state index contributed by atoms with van der Waals surface area (Å²) in [4.78, 5) is 0. The van der Waals surface area contributed by atoms with Gasteiger partial charge in [0.15, 0.2) is 0 Å². The van der Waals surface area contributed by atoms with Crippen LogP contribution in [0, 0.1) is 0 Å². The lowest BCUT2D eigenvalue weighted by Crippen LogP contribution is -2.41. The van der Waals surface area contributed by atoms with Gasteiger partial charge in [-0.25, -0.2) is 0 Å². The van der Waals surface area contributed by atoms with Gasteiger partial charge in [0.25, 0.3) is 0 Å². The number of thioether (sulfide) groups is 1. The summed E-state index contributed by atoms with van der Waals surface area (Å²) in [7, 11) is 0. The fraction of sp³-hybridized carbons (Fsp3) is 0.455. The normalized spacial score (nSPS) is 19.5. The standard InChI is InChI=1S/C11H15NS/c1-9(12-11-7-13-8-11)10-5-3-2-4-6-10/h2-6,9,11-12H,7-8H2,1H3/t9-/m1/s1. The number of hydrogen-bond donors (Lipinski definition) is 1. The molecule has 2 rings (SSSR count). The Labute approximate surface area is 83.9 Å². The van der Waals surface area contributed by atoms with E-state index in [-0.39, 0.29) is 0 Å². The summed E-state index contributed by atoms with van der Waals surface area (Å²) < 4.78 is 0. The van der Waals surface area contributed by atoms with Crippen LogP contribution in [0.15, 0.2) is 30.3 Å². The molecule has 0 amide bonds. The first-order chi connectivity index (χ1) is 6.36. The van der Waals surface area contributed by atoms with Crippen LogP contribution in [0.3, 0.4) is 0 Å². The maximum absolute atomic E-state index is 3.61. The Morgan fingerprint density at radius 1 is 1.31 bits per heavy atom. The number of benzene rings is 1. The second-order valence-electron chi connectivity index (χ2n) is 3.53. The van der Waals surface area contributed by atoms with E-state index in [2.05, 4.69) is 42.6 Å². The fourth-order valence-corrected chi connectivity index (χ4v) is 2.19. The van der Waals surface area contributed by atoms with Gasteiger partial charge in [0.05, 0.1) is 0 Å². The van der Waals surface area contributed by atoms with Crippen LogP contribution in [0.2, 0.25) is 0 Å². The summed E-state index contributed by atoms with van der Waals surface area (Å²) in [6.07, 6.45) is 0. The van der Waals surface area contributed by atoms with Gasteiger partial charge in [-0.2, -0.15) is 11.8 Å². The molecular weight excluding hydrogens is 178 g/mol. The molecule has 70 valence electrons. The number of nitrogens with one attached hydrogen (secondary N) is 1. The highest BCUT2D eigenvalue weighted by atomic mass is 32.2. The second-order valence-corrected chi connectivity index (χ2v) is 4.61. The van der Waals surface area contributed by atoms with Crippen LogP contribution in [0.1, 0.15) is 18.5 Å². The van der Waals surface area contributed by atoms with Gasteiger partial charge in [0, 0.05) is 23.6 Å². The summed E-state index contributed by atoms with van der Waals surface area (Å²) in [5.74, 6) is 2.55. The Kier molecular flexibility index (Phi) is 2.91. The third kappa shape index (κ3) is 2.26. The van der Waals surface area contributed by atoms with Gasteiger partial charge in [0.1, 0.15) is 0 Å². The molecule has 2 heteroatoms. The zero-order valence-corrected chi connectivity index (χ0v) is 8.68. The monoisotopic (exact) mass is 193 g/mol. The van der Waals surface area contributed by atoms with Gasteiger partial charge in [-0.15, -0.1) is 0 Å². The van der Waals surface area contributed by atoms with E-state index in [9.17, 15) is 0 Å². The van der Waals surface area contributed by atoms with Crippen LogP contribution < -0.4 is 5.32 Å². The van der Waals surface area contributed by atoms with Crippen molar-refractivity contribution in [1.29, 1.82) is 0 Å². The zero-order valence-electron chi connectivity index (χ0n) is 7.86. The molecule has 0 aromatic heterocycles. The van der Waals surface area contributed by atoms with Gasteiger partial charge < -0.3 is 5.32 Å². The van der Waals surface area contributed by atoms with Crippen molar-refractivity contribution in [3.63, 3.8) is 0 Å². The van der Waals surface area contributed by atoms with Gasteiger partial charge in [-0.1, -0.05) is 30.3 Å². The van der Waals surface area contributed by atoms with Gasteiger partial charge >= 0.3 is 0 Å². The molecule has 1 nitrogen and oxygen atoms in total. The molecule has 13 heavy (non-hydrogen) atoms. The average Bonchev–Trinajstić information content (AvgIpc) is 2.12. The number of rotatable bonds is 3. The molecule has 1 aromatic rings. The van der Waals surface area contributed by atoms with Crippen LogP contribution in [-0.4, -0.2) is 17.5 Å². The lowest BCUT2D eigenvalue weighted by Gasteiger charge is -2.29. The first kappa shape index (κ1) is 9.10. The summed E-state index contributed by atoms with van der Waals surface area (Å²) in [6.45, 7) is 2.23. The molecule has 1 aliphatic heterocycles. The van der Waals surface area contributed by atoms with Crippen molar-refractivity contribution in [1.82, 2.24) is 5.32 Å². The first-order valence-corrected chi connectivity index (χ1v) is 5.90. The SMILES string of the molecule is C[C@@H](NC1CSC1)c1ccccc1. The van der Waals surface area contributed by atoms with Crippen molar-refractivity contribution in [3.05, 3.63) is 35.9 Å². The molecule has 1 saturated heterocycles. The van der Waals surface area contributed by atoms with Crippen molar-refractivity contribution in [2.45, 2.75) is 19.0 Å². The first-order valence-electron chi connectivity index (χ1n) is 4.75. The van der Waals surface area contributed by atoms with Crippen LogP contribution >= 0.6 is 11.8 Å². The lowest BCUT2D eigenvalue weighted by atomic mass is 10.1. The Hall–Kier alpha value is -0.470. The van der Waals surface area contributed by atoms with Crippen LogP contribution in [0.4, 0.5) is 0 Å². The van der Waals surface area contributed by atoms with E-state index in [1.165, 1.54) is 17.1 Å². The topological polar surface area (TPSA) is 12.0 Å². The van der Waals surface area contributed by atoms with E-state index in [0.717, 1.165) is 6.04 Å². The molecule has 0 aliphatic carbocycles. The predicted molar refractivity (Wildman–Crippen MR) is 59.1 cm³/mol. The third-order valence-electron chi connectivity index (χ3n) is 2.42. The molecule has 1 fully saturated rings. The maximum atomic E-state index is 3.61. The molecule has 0 radical (unpaired) electrons. The Morgan fingerprint density at radius 2 is 2.00 bits per heavy atom. The molecule has 1 atom stereocenters. The van der Waals surface area contributed by atoms with Crippen LogP contribution in [0.5, 0.6) is 0 Å². The van der Waals surface area contributed by atoms with Crippen molar-refractivity contribution >= 4 is 11.8 Å². The summed E-state index contributed by atoms with van der Waals surface area (Å²) in [6, 6.07) is 11.9. The molecule has 0 unspecified atom stereocenters. The minimum atomic E-state index is 0.493. The van der Waals surface area contributed by atoms with E-state index >= 15 is 0 Å². The fourth-order valence-electron chi connectivity index (χ4n) is 1.52. The van der Waals surface area contributed by atoms with Crippen LogP contribution in [0.25, 0.3) is 0 Å². The van der Waals surface area contributed by atoms with E-state index in [0.29, 0.717) is 6.04 Å². The quantitative estimate of drug-likeness (QED) is 0.791. The largest absolute Gasteiger partial charge is 0.306 e. The van der Waals surface area contributed by atoms with E-state index < -0.39 is 0 Å². The van der Waals surface area contributed by atoms with Crippen molar-refractivity contribution in [3.8, 4) is 0 Å². The third-order valence-corrected chi connectivity index (χ3v) is 3.70. The Balaban J connectivity index is 1.92. The highest BCUT2D eigenvalue weighted by Crippen LogP contribution is 2.21. The number of hydrogen-bond acceptors (Lipinski definition) is 2. The molecule has 1 aliphatic rings. The zero-order chi connectivity index (χ0) is 9.10. The Morgan fingerprint density at radius 3 is 2.54 bits per heavy atom. The molecule has 1 aromatic carbocycles. The molecule has 1 N–H and O–H groups in total. The lowest BCUT2D eigenvalue weighted by molar-refractivity contribution is 0.503. The highest BCUT2D eigenvalue weighted by Gasteiger charge is 2.19. The molecule has 1 heterocycles. The van der Waals surface area contributed by atoms with E-state index in [1.807, 2.05) is 11.8 Å². The van der Waals surface area contributed by atoms with Crippen LogP contribution in [-0.2, 0) is 0 Å². The maximum Gasteiger partial charge on any atom is 0.0295 e. The summed E-state index contributed by atoms with van der Waals surface area (Å²) in [5.41, 5.74) is 1.39. The highest BCUT2D eigenvalue weighted by molar-refractivity contribution is 8.00. The van der Waals surface area contributed by atoms with Gasteiger partial charge in [-0.3, -0.25) is 0 Å². The summed E-state index contributed by atoms with van der Waals surface area (Å²) in [5, 5.41) is 3.61. The smallest absolute Gasteiger partial charge is 0.0295 e. The minimum Gasteiger partial charge on any atom is -0.306 e. The molecule has 0 bridgehead atoms. The van der Waals surface area contributed by atoms with E-state index in [4.69, 9.17) is 0 Å². The van der Waals surface area contributed by atoms with Gasteiger partial charge in [-0.05, 0) is 12.5 Å². The average molecular weight is 193 g/mol. The Bertz CT molecular complexity index is 256. The minimum absolute atomic E-state index is 0.493. The van der Waals surface area contributed by atoms with Crippen molar-refractivity contribution < 1.29 is 0 Å². The second kappa shape index (κ2) is 4.16. The predicted octanol–water partition coefficient (Wildman–Crippen LogP) is 2.45. The van der Waals surface area contributed by atoms with Gasteiger partial charge in [0.2, 0.25) is 0 Å². The van der Waals surface area contributed by atoms with Crippen molar-refractivity contribution in [2.24, 2.45) is 0 Å². The van der Waals surface area contributed by atoms with Crippen molar-refractivity contribution in [2.75, 3.05) is 11.5 Å². The van der Waals surface area contributed by atoms with E-state index in [1.54, 1.807) is 0 Å². The molecule has 0 spiro atoms.